The fourth-order valence-corrected chi connectivity index (χ4v) is 1.18. The first-order valence-electron chi connectivity index (χ1n) is 4.84. The van der Waals surface area contributed by atoms with Gasteiger partial charge in [0, 0.05) is 6.54 Å². The van der Waals surface area contributed by atoms with Gasteiger partial charge < -0.3 is 10.1 Å². The lowest BCUT2D eigenvalue weighted by Gasteiger charge is -2.09. The molecule has 0 bridgehead atoms. The number of nitrogens with zero attached hydrogens (tertiary/aromatic N) is 1. The molecule has 1 rings (SSSR count). The SMILES string of the molecule is N#CCCNC(=O)c1ccccc1OC(F)F. The monoisotopic (exact) mass is 240 g/mol. The van der Waals surface area contributed by atoms with E-state index in [1.165, 1.54) is 24.3 Å². The van der Waals surface area contributed by atoms with Crippen LogP contribution in [-0.4, -0.2) is 19.1 Å². The summed E-state index contributed by atoms with van der Waals surface area (Å²) in [5.41, 5.74) is 0.0192. The number of nitrogens with one attached hydrogen (secondary N) is 1. The summed E-state index contributed by atoms with van der Waals surface area (Å²) >= 11 is 0. The van der Waals surface area contributed by atoms with Crippen LogP contribution in [0.15, 0.2) is 24.3 Å². The smallest absolute Gasteiger partial charge is 0.387 e. The Morgan fingerprint density at radius 2 is 2.18 bits per heavy atom. The Labute approximate surface area is 96.8 Å². The third kappa shape index (κ3) is 4.07. The van der Waals surface area contributed by atoms with E-state index in [0.717, 1.165) is 0 Å². The fraction of sp³-hybridized carbons (Fsp3) is 0.273. The minimum atomic E-state index is -2.98. The highest BCUT2D eigenvalue weighted by atomic mass is 19.3. The first-order valence-corrected chi connectivity index (χ1v) is 4.84. The molecule has 0 aliphatic carbocycles. The van der Waals surface area contributed by atoms with E-state index >= 15 is 0 Å². The molecule has 6 heteroatoms. The number of rotatable bonds is 5. The Balaban J connectivity index is 2.75. The van der Waals surface area contributed by atoms with E-state index < -0.39 is 12.5 Å². The van der Waals surface area contributed by atoms with E-state index in [-0.39, 0.29) is 24.3 Å². The van der Waals surface area contributed by atoms with Crippen LogP contribution in [0, 0.1) is 11.3 Å². The van der Waals surface area contributed by atoms with Crippen molar-refractivity contribution in [3.8, 4) is 11.8 Å². The van der Waals surface area contributed by atoms with Crippen molar-refractivity contribution in [1.82, 2.24) is 5.32 Å². The summed E-state index contributed by atoms with van der Waals surface area (Å²) in [5.74, 6) is -0.728. The minimum Gasteiger partial charge on any atom is -0.434 e. The Morgan fingerprint density at radius 3 is 2.82 bits per heavy atom. The van der Waals surface area contributed by atoms with Crippen LogP contribution in [0.25, 0.3) is 0 Å². The zero-order chi connectivity index (χ0) is 12.7. The molecule has 0 radical (unpaired) electrons. The highest BCUT2D eigenvalue weighted by Gasteiger charge is 2.14. The first kappa shape index (κ1) is 12.9. The molecule has 0 fully saturated rings. The predicted octanol–water partition coefficient (Wildman–Crippen LogP) is 1.93. The number of alkyl halides is 2. The maximum Gasteiger partial charge on any atom is 0.387 e. The van der Waals surface area contributed by atoms with Crippen molar-refractivity contribution < 1.29 is 18.3 Å². The Kier molecular flexibility index (Phi) is 4.88. The zero-order valence-electron chi connectivity index (χ0n) is 8.82. The largest absolute Gasteiger partial charge is 0.434 e. The van der Waals surface area contributed by atoms with E-state index in [9.17, 15) is 13.6 Å². The molecule has 0 aromatic heterocycles. The quantitative estimate of drug-likeness (QED) is 0.800. The van der Waals surface area contributed by atoms with Crippen LogP contribution in [-0.2, 0) is 0 Å². The molecule has 1 aromatic rings. The molecule has 0 saturated heterocycles. The number of halogens is 2. The van der Waals surface area contributed by atoms with Gasteiger partial charge in [-0.2, -0.15) is 14.0 Å². The van der Waals surface area contributed by atoms with E-state index in [1.54, 1.807) is 0 Å². The van der Waals surface area contributed by atoms with Crippen molar-refractivity contribution in [3.63, 3.8) is 0 Å². The lowest BCUT2D eigenvalue weighted by atomic mass is 10.2. The van der Waals surface area contributed by atoms with Crippen molar-refractivity contribution in [2.24, 2.45) is 0 Å². The molecule has 0 aliphatic rings. The van der Waals surface area contributed by atoms with Crippen molar-refractivity contribution in [1.29, 1.82) is 5.26 Å². The van der Waals surface area contributed by atoms with Gasteiger partial charge in [0.2, 0.25) is 0 Å². The van der Waals surface area contributed by atoms with Crippen LogP contribution in [0.5, 0.6) is 5.75 Å². The fourth-order valence-electron chi connectivity index (χ4n) is 1.18. The second kappa shape index (κ2) is 6.43. The van der Waals surface area contributed by atoms with Crippen LogP contribution < -0.4 is 10.1 Å². The highest BCUT2D eigenvalue weighted by Crippen LogP contribution is 2.19. The van der Waals surface area contributed by atoms with Crippen LogP contribution in [0.1, 0.15) is 16.8 Å². The molecule has 4 nitrogen and oxygen atoms in total. The van der Waals surface area contributed by atoms with Gasteiger partial charge in [0.25, 0.3) is 5.91 Å². The molecule has 17 heavy (non-hydrogen) atoms. The number of ether oxygens (including phenoxy) is 1. The van der Waals surface area contributed by atoms with E-state index in [1.807, 2.05) is 6.07 Å². The van der Waals surface area contributed by atoms with Crippen molar-refractivity contribution in [2.75, 3.05) is 6.54 Å². The van der Waals surface area contributed by atoms with Crippen LogP contribution >= 0.6 is 0 Å². The summed E-state index contributed by atoms with van der Waals surface area (Å²) in [6.45, 7) is -2.82. The van der Waals surface area contributed by atoms with Gasteiger partial charge in [-0.05, 0) is 12.1 Å². The van der Waals surface area contributed by atoms with Gasteiger partial charge in [-0.25, -0.2) is 0 Å². The Morgan fingerprint density at radius 1 is 1.47 bits per heavy atom. The number of hydrogen-bond donors (Lipinski definition) is 1. The van der Waals surface area contributed by atoms with Gasteiger partial charge >= 0.3 is 6.61 Å². The van der Waals surface area contributed by atoms with Crippen LogP contribution in [0.2, 0.25) is 0 Å². The third-order valence-corrected chi connectivity index (χ3v) is 1.87. The molecule has 0 saturated carbocycles. The van der Waals surface area contributed by atoms with Crippen molar-refractivity contribution >= 4 is 5.91 Å². The van der Waals surface area contributed by atoms with Gasteiger partial charge in [-0.1, -0.05) is 12.1 Å². The standard InChI is InChI=1S/C11H10F2N2O2/c12-11(13)17-9-5-2-1-4-8(9)10(16)15-7-3-6-14/h1-2,4-5,11H,3,7H2,(H,15,16). The molecule has 90 valence electrons. The number of benzene rings is 1. The van der Waals surface area contributed by atoms with Gasteiger partial charge in [0.05, 0.1) is 18.1 Å². The molecule has 1 N–H and O–H groups in total. The lowest BCUT2D eigenvalue weighted by Crippen LogP contribution is -2.25. The van der Waals surface area contributed by atoms with Crippen LogP contribution in [0.3, 0.4) is 0 Å². The number of para-hydroxylation sites is 1. The molecule has 0 atom stereocenters. The maximum absolute atomic E-state index is 12.1. The summed E-state index contributed by atoms with van der Waals surface area (Å²) in [5, 5.41) is 10.7. The number of hydrogen-bond acceptors (Lipinski definition) is 3. The Hall–Kier alpha value is -2.16. The third-order valence-electron chi connectivity index (χ3n) is 1.87. The summed E-state index contributed by atoms with van der Waals surface area (Å²) in [4.78, 5) is 11.6. The highest BCUT2D eigenvalue weighted by molar-refractivity contribution is 5.96. The molecule has 1 amide bonds. The summed E-state index contributed by atoms with van der Waals surface area (Å²) in [6, 6.07) is 7.54. The van der Waals surface area contributed by atoms with Gasteiger partial charge in [-0.15, -0.1) is 0 Å². The summed E-state index contributed by atoms with van der Waals surface area (Å²) < 4.78 is 28.4. The van der Waals surface area contributed by atoms with Crippen LogP contribution in [0.4, 0.5) is 8.78 Å². The first-order chi connectivity index (χ1) is 8.15. The van der Waals surface area contributed by atoms with Crippen molar-refractivity contribution in [3.05, 3.63) is 29.8 Å². The molecular weight excluding hydrogens is 230 g/mol. The van der Waals surface area contributed by atoms with E-state index in [4.69, 9.17) is 5.26 Å². The predicted molar refractivity (Wildman–Crippen MR) is 55.6 cm³/mol. The van der Waals surface area contributed by atoms with Gasteiger partial charge in [0.1, 0.15) is 5.75 Å². The maximum atomic E-state index is 12.1. The van der Waals surface area contributed by atoms with Gasteiger partial charge in [0.15, 0.2) is 0 Å². The molecular formula is C11H10F2N2O2. The summed E-state index contributed by atoms with van der Waals surface area (Å²) in [6.07, 6.45) is 0.156. The average Bonchev–Trinajstić information content (AvgIpc) is 2.29. The zero-order valence-corrected chi connectivity index (χ0v) is 8.82. The second-order valence-corrected chi connectivity index (χ2v) is 3.04. The number of carbonyl (C=O) groups is 1. The average molecular weight is 240 g/mol. The van der Waals surface area contributed by atoms with Crippen molar-refractivity contribution in [2.45, 2.75) is 13.0 Å². The summed E-state index contributed by atoms with van der Waals surface area (Å²) in [7, 11) is 0. The normalized spacial score (nSPS) is 9.76. The van der Waals surface area contributed by atoms with E-state index in [0.29, 0.717) is 0 Å². The number of carbonyl (C=O) groups excluding carboxylic acids is 1. The second-order valence-electron chi connectivity index (χ2n) is 3.04. The molecule has 0 heterocycles. The lowest BCUT2D eigenvalue weighted by molar-refractivity contribution is -0.0501. The van der Waals surface area contributed by atoms with Gasteiger partial charge in [-0.3, -0.25) is 4.79 Å². The molecule has 1 aromatic carbocycles. The topological polar surface area (TPSA) is 62.1 Å². The van der Waals surface area contributed by atoms with E-state index in [2.05, 4.69) is 10.1 Å². The molecule has 0 unspecified atom stereocenters. The number of nitriles is 1. The molecule has 0 aliphatic heterocycles. The molecule has 0 spiro atoms. The Bertz CT molecular complexity index is 430. The number of amides is 1. The minimum absolute atomic E-state index is 0.0192.